The van der Waals surface area contributed by atoms with Crippen LogP contribution in [0.3, 0.4) is 0 Å². The Morgan fingerprint density at radius 2 is 1.85 bits per heavy atom. The van der Waals surface area contributed by atoms with Gasteiger partial charge in [-0.2, -0.15) is 0 Å². The Morgan fingerprint density at radius 1 is 1.05 bits per heavy atom. The number of rotatable bonds is 2. The fourth-order valence-corrected chi connectivity index (χ4v) is 1.96. The fourth-order valence-electron chi connectivity index (χ4n) is 1.96. The van der Waals surface area contributed by atoms with E-state index in [-0.39, 0.29) is 17.7 Å². The van der Waals surface area contributed by atoms with E-state index >= 15 is 0 Å². The standard InChI is InChI=1S/C14H9F2N3O/c15-11-6-3-4-9(13(11)16)8-19-14(20)10-5-1-2-7-12(10)17-18-19/h1-7H,8H2. The number of fused-ring (bicyclic) bond motifs is 1. The third-order valence-corrected chi connectivity index (χ3v) is 2.98. The van der Waals surface area contributed by atoms with Crippen molar-refractivity contribution < 1.29 is 8.78 Å². The maximum absolute atomic E-state index is 13.6. The predicted molar refractivity (Wildman–Crippen MR) is 69.3 cm³/mol. The van der Waals surface area contributed by atoms with Crippen LogP contribution in [-0.4, -0.2) is 15.0 Å². The van der Waals surface area contributed by atoms with Gasteiger partial charge < -0.3 is 0 Å². The summed E-state index contributed by atoms with van der Waals surface area (Å²) in [6.45, 7) is -0.166. The van der Waals surface area contributed by atoms with E-state index < -0.39 is 11.6 Å². The molecule has 0 saturated carbocycles. The van der Waals surface area contributed by atoms with Gasteiger partial charge >= 0.3 is 0 Å². The lowest BCUT2D eigenvalue weighted by Crippen LogP contribution is -2.25. The van der Waals surface area contributed by atoms with Crippen molar-refractivity contribution in [2.75, 3.05) is 0 Å². The maximum Gasteiger partial charge on any atom is 0.277 e. The first-order valence-electron chi connectivity index (χ1n) is 5.92. The molecule has 0 atom stereocenters. The van der Waals surface area contributed by atoms with E-state index in [1.54, 1.807) is 24.3 Å². The first-order chi connectivity index (χ1) is 9.66. The third kappa shape index (κ3) is 2.05. The molecule has 0 unspecified atom stereocenters. The second-order valence-corrected chi connectivity index (χ2v) is 4.28. The first kappa shape index (κ1) is 12.4. The Hall–Kier alpha value is -2.63. The van der Waals surface area contributed by atoms with Crippen LogP contribution in [-0.2, 0) is 6.54 Å². The molecule has 0 amide bonds. The molecule has 0 fully saturated rings. The van der Waals surface area contributed by atoms with E-state index in [2.05, 4.69) is 10.3 Å². The van der Waals surface area contributed by atoms with Gasteiger partial charge in [-0.15, -0.1) is 5.10 Å². The average molecular weight is 273 g/mol. The van der Waals surface area contributed by atoms with E-state index in [0.29, 0.717) is 10.9 Å². The Kier molecular flexibility index (Phi) is 2.98. The Morgan fingerprint density at radius 3 is 2.70 bits per heavy atom. The molecule has 0 aliphatic carbocycles. The zero-order chi connectivity index (χ0) is 14.1. The van der Waals surface area contributed by atoms with E-state index in [0.717, 1.165) is 10.7 Å². The summed E-state index contributed by atoms with van der Waals surface area (Å²) in [6, 6.07) is 10.5. The zero-order valence-corrected chi connectivity index (χ0v) is 10.3. The van der Waals surface area contributed by atoms with Crippen LogP contribution in [0.2, 0.25) is 0 Å². The number of benzene rings is 2. The lowest BCUT2D eigenvalue weighted by atomic mass is 10.2. The molecule has 0 saturated heterocycles. The molecule has 2 aromatic carbocycles. The van der Waals surface area contributed by atoms with Crippen LogP contribution in [0.5, 0.6) is 0 Å². The second kappa shape index (κ2) is 4.80. The molecule has 100 valence electrons. The van der Waals surface area contributed by atoms with Gasteiger partial charge in [-0.05, 0) is 18.2 Å². The van der Waals surface area contributed by atoms with Crippen LogP contribution in [0.1, 0.15) is 5.56 Å². The van der Waals surface area contributed by atoms with Crippen LogP contribution in [0.25, 0.3) is 10.9 Å². The van der Waals surface area contributed by atoms with Gasteiger partial charge in [-0.1, -0.05) is 29.5 Å². The summed E-state index contributed by atoms with van der Waals surface area (Å²) in [6.07, 6.45) is 0. The van der Waals surface area contributed by atoms with Crippen LogP contribution in [0.4, 0.5) is 8.78 Å². The average Bonchev–Trinajstić information content (AvgIpc) is 2.47. The van der Waals surface area contributed by atoms with Gasteiger partial charge in [-0.25, -0.2) is 13.5 Å². The van der Waals surface area contributed by atoms with E-state index in [9.17, 15) is 13.6 Å². The quantitative estimate of drug-likeness (QED) is 0.718. The van der Waals surface area contributed by atoms with Crippen molar-refractivity contribution >= 4 is 10.9 Å². The summed E-state index contributed by atoms with van der Waals surface area (Å²) >= 11 is 0. The Labute approximate surface area is 112 Å². The summed E-state index contributed by atoms with van der Waals surface area (Å²) in [7, 11) is 0. The van der Waals surface area contributed by atoms with Crippen molar-refractivity contribution in [3.8, 4) is 0 Å². The molecule has 0 spiro atoms. The molecular weight excluding hydrogens is 264 g/mol. The highest BCUT2D eigenvalue weighted by molar-refractivity contribution is 5.76. The highest BCUT2D eigenvalue weighted by Crippen LogP contribution is 2.12. The summed E-state index contributed by atoms with van der Waals surface area (Å²) in [4.78, 5) is 12.2. The van der Waals surface area contributed by atoms with E-state index in [4.69, 9.17) is 0 Å². The van der Waals surface area contributed by atoms with E-state index in [1.165, 1.54) is 12.1 Å². The van der Waals surface area contributed by atoms with Crippen molar-refractivity contribution in [1.82, 2.24) is 15.0 Å². The Balaban J connectivity index is 2.10. The lowest BCUT2D eigenvalue weighted by Gasteiger charge is -2.06. The van der Waals surface area contributed by atoms with Gasteiger partial charge in [0.25, 0.3) is 5.56 Å². The van der Waals surface area contributed by atoms with Crippen LogP contribution >= 0.6 is 0 Å². The number of nitrogens with zero attached hydrogens (tertiary/aromatic N) is 3. The van der Waals surface area contributed by atoms with Gasteiger partial charge in [0.2, 0.25) is 0 Å². The van der Waals surface area contributed by atoms with Gasteiger partial charge in [0.05, 0.1) is 11.9 Å². The van der Waals surface area contributed by atoms with E-state index in [1.807, 2.05) is 0 Å². The number of hydrogen-bond acceptors (Lipinski definition) is 3. The minimum Gasteiger partial charge on any atom is -0.267 e. The molecule has 3 rings (SSSR count). The topological polar surface area (TPSA) is 47.8 Å². The fraction of sp³-hybridized carbons (Fsp3) is 0.0714. The number of hydrogen-bond donors (Lipinski definition) is 0. The molecule has 0 aliphatic rings. The first-order valence-corrected chi connectivity index (χ1v) is 5.92. The Bertz CT molecular complexity index is 845. The van der Waals surface area contributed by atoms with Crippen molar-refractivity contribution in [2.24, 2.45) is 0 Å². The highest BCUT2D eigenvalue weighted by Gasteiger charge is 2.11. The molecule has 1 heterocycles. The summed E-state index contributed by atoms with van der Waals surface area (Å²) in [5.41, 5.74) is 0.129. The van der Waals surface area contributed by atoms with Crippen molar-refractivity contribution in [1.29, 1.82) is 0 Å². The third-order valence-electron chi connectivity index (χ3n) is 2.98. The molecule has 0 aliphatic heterocycles. The number of halogens is 2. The SMILES string of the molecule is O=c1c2ccccc2nnn1Cc1cccc(F)c1F. The number of aromatic nitrogens is 3. The lowest BCUT2D eigenvalue weighted by molar-refractivity contribution is 0.486. The molecule has 3 aromatic rings. The molecule has 1 aromatic heterocycles. The normalized spacial score (nSPS) is 10.9. The predicted octanol–water partition coefficient (Wildman–Crippen LogP) is 2.12. The van der Waals surface area contributed by atoms with Gasteiger partial charge in [0, 0.05) is 5.56 Å². The minimum atomic E-state index is -0.977. The van der Waals surface area contributed by atoms with Crippen LogP contribution < -0.4 is 5.56 Å². The molecule has 20 heavy (non-hydrogen) atoms. The maximum atomic E-state index is 13.6. The molecular formula is C14H9F2N3O. The molecule has 0 radical (unpaired) electrons. The zero-order valence-electron chi connectivity index (χ0n) is 10.3. The molecule has 4 nitrogen and oxygen atoms in total. The monoisotopic (exact) mass is 273 g/mol. The highest BCUT2D eigenvalue weighted by atomic mass is 19.2. The minimum absolute atomic E-state index is 0.0525. The summed E-state index contributed by atoms with van der Waals surface area (Å²) < 4.78 is 27.7. The van der Waals surface area contributed by atoms with Gasteiger partial charge in [0.15, 0.2) is 11.6 Å². The molecule has 0 N–H and O–H groups in total. The van der Waals surface area contributed by atoms with Crippen molar-refractivity contribution in [3.05, 3.63) is 70.0 Å². The van der Waals surface area contributed by atoms with Crippen LogP contribution in [0, 0.1) is 11.6 Å². The smallest absolute Gasteiger partial charge is 0.267 e. The van der Waals surface area contributed by atoms with Gasteiger partial charge in [-0.3, -0.25) is 4.79 Å². The summed E-state index contributed by atoms with van der Waals surface area (Å²) in [5, 5.41) is 8.01. The molecule has 6 heteroatoms. The van der Waals surface area contributed by atoms with Crippen molar-refractivity contribution in [3.63, 3.8) is 0 Å². The van der Waals surface area contributed by atoms with Crippen molar-refractivity contribution in [2.45, 2.75) is 6.54 Å². The van der Waals surface area contributed by atoms with Crippen LogP contribution in [0.15, 0.2) is 47.3 Å². The summed E-state index contributed by atoms with van der Waals surface area (Å²) in [5.74, 6) is -1.93. The molecule has 0 bridgehead atoms. The van der Waals surface area contributed by atoms with Gasteiger partial charge in [0.1, 0.15) is 5.52 Å². The largest absolute Gasteiger partial charge is 0.277 e. The second-order valence-electron chi connectivity index (χ2n) is 4.28.